The molecule has 3 heteroatoms. The van der Waals surface area contributed by atoms with Crippen molar-refractivity contribution in [2.45, 2.75) is 52.1 Å². The van der Waals surface area contributed by atoms with Gasteiger partial charge in [-0.05, 0) is 38.0 Å². The van der Waals surface area contributed by atoms with E-state index in [9.17, 15) is 4.79 Å². The van der Waals surface area contributed by atoms with E-state index in [4.69, 9.17) is 4.74 Å². The van der Waals surface area contributed by atoms with E-state index in [1.165, 1.54) is 10.8 Å². The molecule has 0 unspecified atom stereocenters. The lowest BCUT2D eigenvalue weighted by Gasteiger charge is -2.19. The topological polar surface area (TPSA) is 26.3 Å². The van der Waals surface area contributed by atoms with Gasteiger partial charge in [0.2, 0.25) is 0 Å². The maximum absolute atomic E-state index is 11.2. The molecule has 0 amide bonds. The Morgan fingerprint density at radius 2 is 1.85 bits per heavy atom. The van der Waals surface area contributed by atoms with Gasteiger partial charge in [-0.1, -0.05) is 29.0 Å². The molecule has 0 N–H and O–H groups in total. The first-order valence-electron chi connectivity index (χ1n) is 4.73. The van der Waals surface area contributed by atoms with E-state index in [1.54, 1.807) is 0 Å². The van der Waals surface area contributed by atoms with Crippen LogP contribution in [-0.4, -0.2) is 16.0 Å². The highest BCUT2D eigenvalue weighted by Crippen LogP contribution is 2.10. The van der Waals surface area contributed by atoms with Crippen molar-refractivity contribution < 1.29 is 9.53 Å². The van der Waals surface area contributed by atoms with E-state index >= 15 is 0 Å². The zero-order chi connectivity index (χ0) is 10.3. The Bertz CT molecular complexity index is 149. The second-order valence-electron chi connectivity index (χ2n) is 4.09. The van der Waals surface area contributed by atoms with Gasteiger partial charge in [-0.3, -0.25) is 4.79 Å². The van der Waals surface area contributed by atoms with Crippen LogP contribution in [0.4, 0.5) is 0 Å². The molecule has 0 radical (unpaired) electrons. The number of rotatable bonds is 5. The van der Waals surface area contributed by atoms with Crippen LogP contribution in [0.5, 0.6) is 0 Å². The van der Waals surface area contributed by atoms with Gasteiger partial charge in [-0.15, -0.1) is 0 Å². The molecule has 0 aliphatic rings. The standard InChI is InChI=1S/C10H19IO2/c1-10(2,3)13-9(12)7-5-4-6-8-11/h4-8H2,1-3H3. The van der Waals surface area contributed by atoms with Crippen molar-refractivity contribution in [2.24, 2.45) is 0 Å². The van der Waals surface area contributed by atoms with Crippen LogP contribution in [0.3, 0.4) is 0 Å². The maximum atomic E-state index is 11.2. The van der Waals surface area contributed by atoms with E-state index < -0.39 is 0 Å². The molecule has 0 heterocycles. The smallest absolute Gasteiger partial charge is 0.306 e. The first-order valence-corrected chi connectivity index (χ1v) is 6.26. The number of hydrogen-bond donors (Lipinski definition) is 0. The van der Waals surface area contributed by atoms with Gasteiger partial charge in [-0.25, -0.2) is 0 Å². The van der Waals surface area contributed by atoms with Crippen LogP contribution in [0.25, 0.3) is 0 Å². The molecule has 0 saturated carbocycles. The molecule has 0 rings (SSSR count). The molecular formula is C10H19IO2. The van der Waals surface area contributed by atoms with Crippen LogP contribution < -0.4 is 0 Å². The number of hydrogen-bond acceptors (Lipinski definition) is 2. The first kappa shape index (κ1) is 13.2. The summed E-state index contributed by atoms with van der Waals surface area (Å²) in [5, 5.41) is 0. The minimum absolute atomic E-state index is 0.0686. The molecule has 0 aliphatic carbocycles. The normalized spacial score (nSPS) is 11.4. The zero-order valence-corrected chi connectivity index (χ0v) is 10.9. The van der Waals surface area contributed by atoms with Crippen molar-refractivity contribution in [1.82, 2.24) is 0 Å². The van der Waals surface area contributed by atoms with Crippen molar-refractivity contribution in [3.05, 3.63) is 0 Å². The van der Waals surface area contributed by atoms with E-state index in [-0.39, 0.29) is 11.6 Å². The van der Waals surface area contributed by atoms with Gasteiger partial charge in [-0.2, -0.15) is 0 Å². The Balaban J connectivity index is 3.41. The predicted molar refractivity (Wildman–Crippen MR) is 63.2 cm³/mol. The molecule has 0 atom stereocenters. The van der Waals surface area contributed by atoms with Crippen LogP contribution in [0.2, 0.25) is 0 Å². The lowest BCUT2D eigenvalue weighted by molar-refractivity contribution is -0.154. The average molecular weight is 298 g/mol. The summed E-state index contributed by atoms with van der Waals surface area (Å²) in [6, 6.07) is 0. The van der Waals surface area contributed by atoms with Gasteiger partial charge in [0.05, 0.1) is 0 Å². The monoisotopic (exact) mass is 298 g/mol. The van der Waals surface area contributed by atoms with Gasteiger partial charge >= 0.3 is 5.97 Å². The molecule has 0 aromatic rings. The SMILES string of the molecule is CC(C)(C)OC(=O)CCCCCI. The molecule has 0 aliphatic heterocycles. The summed E-state index contributed by atoms with van der Waals surface area (Å²) in [7, 11) is 0. The van der Waals surface area contributed by atoms with Crippen molar-refractivity contribution in [3.63, 3.8) is 0 Å². The van der Waals surface area contributed by atoms with Crippen molar-refractivity contribution >= 4 is 28.6 Å². The number of carbonyl (C=O) groups excluding carboxylic acids is 1. The van der Waals surface area contributed by atoms with E-state index in [0.717, 1.165) is 12.8 Å². The number of unbranched alkanes of at least 4 members (excludes halogenated alkanes) is 2. The van der Waals surface area contributed by atoms with Crippen molar-refractivity contribution in [2.75, 3.05) is 4.43 Å². The number of ether oxygens (including phenoxy) is 1. The summed E-state index contributed by atoms with van der Waals surface area (Å²) < 4.78 is 6.35. The Morgan fingerprint density at radius 1 is 1.23 bits per heavy atom. The Kier molecular flexibility index (Phi) is 6.73. The molecule has 0 aromatic heterocycles. The molecule has 0 aromatic carbocycles. The summed E-state index contributed by atoms with van der Waals surface area (Å²) in [4.78, 5) is 11.2. The Morgan fingerprint density at radius 3 is 2.31 bits per heavy atom. The van der Waals surface area contributed by atoms with Crippen LogP contribution in [0.15, 0.2) is 0 Å². The van der Waals surface area contributed by atoms with Gasteiger partial charge in [0, 0.05) is 6.42 Å². The van der Waals surface area contributed by atoms with E-state index in [0.29, 0.717) is 6.42 Å². The lowest BCUT2D eigenvalue weighted by atomic mass is 10.2. The van der Waals surface area contributed by atoms with Gasteiger partial charge in [0.25, 0.3) is 0 Å². The summed E-state index contributed by atoms with van der Waals surface area (Å²) in [6.45, 7) is 5.70. The average Bonchev–Trinajstić information content (AvgIpc) is 1.94. The highest BCUT2D eigenvalue weighted by molar-refractivity contribution is 14.1. The highest BCUT2D eigenvalue weighted by atomic mass is 127. The minimum Gasteiger partial charge on any atom is -0.460 e. The largest absolute Gasteiger partial charge is 0.460 e. The molecule has 0 saturated heterocycles. The molecule has 0 bridgehead atoms. The van der Waals surface area contributed by atoms with Gasteiger partial charge in [0.15, 0.2) is 0 Å². The Hall–Kier alpha value is 0.200. The minimum atomic E-state index is -0.333. The van der Waals surface area contributed by atoms with E-state index in [1.807, 2.05) is 20.8 Å². The number of esters is 1. The first-order chi connectivity index (χ1) is 5.95. The fourth-order valence-corrected chi connectivity index (χ4v) is 1.47. The van der Waals surface area contributed by atoms with Gasteiger partial charge in [0.1, 0.15) is 5.60 Å². The molecule has 2 nitrogen and oxygen atoms in total. The molecule has 0 fully saturated rings. The third-order valence-electron chi connectivity index (χ3n) is 1.43. The summed E-state index contributed by atoms with van der Waals surface area (Å²) in [5.74, 6) is -0.0686. The van der Waals surface area contributed by atoms with E-state index in [2.05, 4.69) is 22.6 Å². The van der Waals surface area contributed by atoms with Gasteiger partial charge < -0.3 is 4.74 Å². The molecule has 78 valence electrons. The summed E-state index contributed by atoms with van der Waals surface area (Å²) in [5.41, 5.74) is -0.333. The quantitative estimate of drug-likeness (QED) is 0.337. The number of alkyl halides is 1. The number of halogens is 1. The van der Waals surface area contributed by atoms with Crippen LogP contribution in [0.1, 0.15) is 46.5 Å². The van der Waals surface area contributed by atoms with Crippen molar-refractivity contribution in [1.29, 1.82) is 0 Å². The molecule has 0 spiro atoms. The maximum Gasteiger partial charge on any atom is 0.306 e. The van der Waals surface area contributed by atoms with Crippen LogP contribution in [0, 0.1) is 0 Å². The van der Waals surface area contributed by atoms with Crippen LogP contribution >= 0.6 is 22.6 Å². The van der Waals surface area contributed by atoms with Crippen LogP contribution in [-0.2, 0) is 9.53 Å². The highest BCUT2D eigenvalue weighted by Gasteiger charge is 2.15. The summed E-state index contributed by atoms with van der Waals surface area (Å²) in [6.07, 6.45) is 3.84. The zero-order valence-electron chi connectivity index (χ0n) is 8.73. The lowest BCUT2D eigenvalue weighted by Crippen LogP contribution is -2.23. The third kappa shape index (κ3) is 10.1. The second-order valence-corrected chi connectivity index (χ2v) is 5.16. The van der Waals surface area contributed by atoms with Crippen molar-refractivity contribution in [3.8, 4) is 0 Å². The Labute approximate surface area is 94.6 Å². The fraction of sp³-hybridized carbons (Fsp3) is 0.900. The molecule has 13 heavy (non-hydrogen) atoms. The summed E-state index contributed by atoms with van der Waals surface area (Å²) >= 11 is 2.35. The predicted octanol–water partition coefficient (Wildman–Crippen LogP) is 3.32. The molecular weight excluding hydrogens is 279 g/mol. The third-order valence-corrected chi connectivity index (χ3v) is 2.20. The number of carbonyl (C=O) groups is 1. The fourth-order valence-electron chi connectivity index (χ4n) is 0.933. The second kappa shape index (κ2) is 6.62.